The van der Waals surface area contributed by atoms with Gasteiger partial charge in [0.15, 0.2) is 0 Å². The Morgan fingerprint density at radius 2 is 2.19 bits per heavy atom. The minimum Gasteiger partial charge on any atom is -0.383 e. The Morgan fingerprint density at radius 1 is 1.44 bits per heavy atom. The van der Waals surface area contributed by atoms with E-state index < -0.39 is 0 Å². The standard InChI is InChI=1S/C12H16BrFN2/c1-8(2)16-5-3-4-15-11-6-9(13)10(14)7-12(11)16/h6-8,15H,3-5H2,1-2H3. The molecule has 2 nitrogen and oxygen atoms in total. The molecular formula is C12H16BrFN2. The highest BCUT2D eigenvalue weighted by atomic mass is 79.9. The molecule has 0 bridgehead atoms. The maximum Gasteiger partial charge on any atom is 0.139 e. The lowest BCUT2D eigenvalue weighted by Gasteiger charge is -2.28. The van der Waals surface area contributed by atoms with Gasteiger partial charge in [-0.05, 0) is 42.3 Å². The van der Waals surface area contributed by atoms with Crippen LogP contribution in [-0.2, 0) is 0 Å². The summed E-state index contributed by atoms with van der Waals surface area (Å²) >= 11 is 3.22. The summed E-state index contributed by atoms with van der Waals surface area (Å²) in [6, 6.07) is 3.82. The van der Waals surface area contributed by atoms with Gasteiger partial charge in [-0.25, -0.2) is 4.39 Å². The Balaban J connectivity index is 2.48. The number of fused-ring (bicyclic) bond motifs is 1. The van der Waals surface area contributed by atoms with Crippen LogP contribution >= 0.6 is 15.9 Å². The van der Waals surface area contributed by atoms with Gasteiger partial charge in [-0.2, -0.15) is 0 Å². The smallest absolute Gasteiger partial charge is 0.139 e. The van der Waals surface area contributed by atoms with Crippen molar-refractivity contribution in [3.8, 4) is 0 Å². The summed E-state index contributed by atoms with van der Waals surface area (Å²) in [7, 11) is 0. The van der Waals surface area contributed by atoms with Crippen LogP contribution in [-0.4, -0.2) is 19.1 Å². The van der Waals surface area contributed by atoms with Crippen molar-refractivity contribution in [1.29, 1.82) is 0 Å². The molecule has 1 aromatic carbocycles. The predicted molar refractivity (Wildman–Crippen MR) is 69.7 cm³/mol. The van der Waals surface area contributed by atoms with Crippen molar-refractivity contribution >= 4 is 27.3 Å². The van der Waals surface area contributed by atoms with Crippen LogP contribution in [0, 0.1) is 5.82 Å². The van der Waals surface area contributed by atoms with Gasteiger partial charge in [0.2, 0.25) is 0 Å². The lowest BCUT2D eigenvalue weighted by atomic mass is 10.2. The van der Waals surface area contributed by atoms with E-state index in [4.69, 9.17) is 0 Å². The van der Waals surface area contributed by atoms with E-state index in [0.29, 0.717) is 10.5 Å². The van der Waals surface area contributed by atoms with Crippen LogP contribution < -0.4 is 10.2 Å². The minimum absolute atomic E-state index is 0.201. The Hall–Kier alpha value is -0.770. The van der Waals surface area contributed by atoms with Crippen molar-refractivity contribution in [2.45, 2.75) is 26.3 Å². The average Bonchev–Trinajstić information content (AvgIpc) is 2.41. The number of rotatable bonds is 1. The van der Waals surface area contributed by atoms with Gasteiger partial charge < -0.3 is 10.2 Å². The summed E-state index contributed by atoms with van der Waals surface area (Å²) in [5.74, 6) is -0.201. The third kappa shape index (κ3) is 2.17. The maximum absolute atomic E-state index is 13.6. The summed E-state index contributed by atoms with van der Waals surface area (Å²) in [4.78, 5) is 2.24. The Kier molecular flexibility index (Phi) is 3.38. The van der Waals surface area contributed by atoms with Crippen molar-refractivity contribution in [2.75, 3.05) is 23.3 Å². The molecule has 88 valence electrons. The molecule has 1 aliphatic rings. The van der Waals surface area contributed by atoms with Gasteiger partial charge in [-0.15, -0.1) is 0 Å². The molecule has 0 unspecified atom stereocenters. The van der Waals surface area contributed by atoms with E-state index in [2.05, 4.69) is 40.0 Å². The van der Waals surface area contributed by atoms with Crippen molar-refractivity contribution in [3.05, 3.63) is 22.4 Å². The van der Waals surface area contributed by atoms with Gasteiger partial charge in [0.05, 0.1) is 15.8 Å². The van der Waals surface area contributed by atoms with Gasteiger partial charge in [-0.3, -0.25) is 0 Å². The molecule has 0 radical (unpaired) electrons. The van der Waals surface area contributed by atoms with E-state index in [1.54, 1.807) is 6.07 Å². The van der Waals surface area contributed by atoms with Gasteiger partial charge in [-0.1, -0.05) is 0 Å². The summed E-state index contributed by atoms with van der Waals surface area (Å²) in [5, 5.41) is 3.34. The second-order valence-electron chi connectivity index (χ2n) is 4.35. The molecule has 4 heteroatoms. The second kappa shape index (κ2) is 4.62. The molecular weight excluding hydrogens is 271 g/mol. The third-order valence-corrected chi connectivity index (χ3v) is 3.47. The van der Waals surface area contributed by atoms with Crippen LogP contribution in [0.4, 0.5) is 15.8 Å². The number of hydrogen-bond acceptors (Lipinski definition) is 2. The maximum atomic E-state index is 13.6. The van der Waals surface area contributed by atoms with Gasteiger partial charge in [0, 0.05) is 25.2 Å². The van der Waals surface area contributed by atoms with Gasteiger partial charge in [0.1, 0.15) is 5.82 Å². The fourth-order valence-electron chi connectivity index (χ4n) is 2.04. The first-order chi connectivity index (χ1) is 7.59. The Bertz CT molecular complexity index is 393. The number of hydrogen-bond donors (Lipinski definition) is 1. The van der Waals surface area contributed by atoms with Gasteiger partial charge >= 0.3 is 0 Å². The second-order valence-corrected chi connectivity index (χ2v) is 5.21. The number of nitrogens with zero attached hydrogens (tertiary/aromatic N) is 1. The summed E-state index contributed by atoms with van der Waals surface area (Å²) < 4.78 is 14.1. The molecule has 0 saturated carbocycles. The van der Waals surface area contributed by atoms with Crippen molar-refractivity contribution in [1.82, 2.24) is 0 Å². The number of benzene rings is 1. The zero-order chi connectivity index (χ0) is 11.7. The van der Waals surface area contributed by atoms with E-state index >= 15 is 0 Å². The SMILES string of the molecule is CC(C)N1CCCNc2cc(Br)c(F)cc21. The molecule has 0 aliphatic carbocycles. The topological polar surface area (TPSA) is 15.3 Å². The molecule has 1 heterocycles. The van der Waals surface area contributed by atoms with Crippen LogP contribution in [0.2, 0.25) is 0 Å². The highest BCUT2D eigenvalue weighted by Crippen LogP contribution is 2.34. The normalized spacial score (nSPS) is 15.7. The highest BCUT2D eigenvalue weighted by Gasteiger charge is 2.19. The molecule has 2 rings (SSSR count). The summed E-state index contributed by atoms with van der Waals surface area (Å²) in [6.07, 6.45) is 1.08. The first-order valence-corrected chi connectivity index (χ1v) is 6.38. The third-order valence-electron chi connectivity index (χ3n) is 2.86. The van der Waals surface area contributed by atoms with E-state index in [1.807, 2.05) is 6.07 Å². The zero-order valence-electron chi connectivity index (χ0n) is 9.56. The van der Waals surface area contributed by atoms with Crippen LogP contribution in [0.1, 0.15) is 20.3 Å². The summed E-state index contributed by atoms with van der Waals surface area (Å²) in [6.45, 7) is 6.18. The summed E-state index contributed by atoms with van der Waals surface area (Å²) in [5.41, 5.74) is 1.98. The quantitative estimate of drug-likeness (QED) is 0.848. The van der Waals surface area contributed by atoms with Crippen LogP contribution in [0.15, 0.2) is 16.6 Å². The van der Waals surface area contributed by atoms with E-state index in [9.17, 15) is 4.39 Å². The van der Waals surface area contributed by atoms with E-state index in [1.165, 1.54) is 0 Å². The van der Waals surface area contributed by atoms with E-state index in [0.717, 1.165) is 30.9 Å². The zero-order valence-corrected chi connectivity index (χ0v) is 11.1. The molecule has 1 aliphatic heterocycles. The molecule has 0 spiro atoms. The lowest BCUT2D eigenvalue weighted by Crippen LogP contribution is -2.31. The van der Waals surface area contributed by atoms with Crippen molar-refractivity contribution in [2.24, 2.45) is 0 Å². The molecule has 0 fully saturated rings. The lowest BCUT2D eigenvalue weighted by molar-refractivity contribution is 0.617. The molecule has 1 N–H and O–H groups in total. The monoisotopic (exact) mass is 286 g/mol. The van der Waals surface area contributed by atoms with Crippen molar-refractivity contribution < 1.29 is 4.39 Å². The molecule has 0 atom stereocenters. The molecule has 0 aromatic heterocycles. The number of nitrogens with one attached hydrogen (secondary N) is 1. The first kappa shape index (κ1) is 11.7. The molecule has 0 saturated heterocycles. The number of anilines is 2. The number of halogens is 2. The van der Waals surface area contributed by atoms with E-state index in [-0.39, 0.29) is 5.82 Å². The van der Waals surface area contributed by atoms with Crippen molar-refractivity contribution in [3.63, 3.8) is 0 Å². The van der Waals surface area contributed by atoms with Gasteiger partial charge in [0.25, 0.3) is 0 Å². The fourth-order valence-corrected chi connectivity index (χ4v) is 2.39. The van der Waals surface area contributed by atoms with Crippen LogP contribution in [0.3, 0.4) is 0 Å². The highest BCUT2D eigenvalue weighted by molar-refractivity contribution is 9.10. The molecule has 0 amide bonds. The predicted octanol–water partition coefficient (Wildman–Crippen LogP) is 3.62. The molecule has 1 aromatic rings. The van der Waals surface area contributed by atoms with Crippen LogP contribution in [0.25, 0.3) is 0 Å². The fraction of sp³-hybridized carbons (Fsp3) is 0.500. The molecule has 16 heavy (non-hydrogen) atoms. The Morgan fingerprint density at radius 3 is 2.88 bits per heavy atom. The largest absolute Gasteiger partial charge is 0.383 e. The van der Waals surface area contributed by atoms with Crippen LogP contribution in [0.5, 0.6) is 0 Å². The average molecular weight is 287 g/mol. The minimum atomic E-state index is -0.201. The Labute approximate surface area is 104 Å². The first-order valence-electron chi connectivity index (χ1n) is 5.59.